The molecule has 1 aromatic rings. The van der Waals surface area contributed by atoms with Crippen molar-refractivity contribution in [1.82, 2.24) is 4.90 Å². The van der Waals surface area contributed by atoms with Gasteiger partial charge in [0.1, 0.15) is 11.7 Å². The Morgan fingerprint density at radius 1 is 1.38 bits per heavy atom. The number of aliphatic hydroxyl groups is 2. The van der Waals surface area contributed by atoms with Gasteiger partial charge in [0.05, 0.1) is 12.2 Å². The molecule has 0 aromatic heterocycles. The van der Waals surface area contributed by atoms with Gasteiger partial charge in [-0.05, 0) is 38.0 Å². The molecule has 2 aliphatic heterocycles. The minimum atomic E-state index is -1.15. The first-order chi connectivity index (χ1) is 11.3. The summed E-state index contributed by atoms with van der Waals surface area (Å²) in [5.41, 5.74) is -1.28. The van der Waals surface area contributed by atoms with Crippen LogP contribution in [0, 0.1) is 0 Å². The Bertz CT molecular complexity index is 614. The highest BCUT2D eigenvalue weighted by Gasteiger charge is 2.52. The fourth-order valence-electron chi connectivity index (χ4n) is 3.52. The van der Waals surface area contributed by atoms with Crippen molar-refractivity contribution in [2.45, 2.75) is 43.5 Å². The normalized spacial score (nSPS) is 29.5. The van der Waals surface area contributed by atoms with Crippen LogP contribution in [0.15, 0.2) is 24.3 Å². The van der Waals surface area contributed by atoms with Crippen molar-refractivity contribution < 1.29 is 19.7 Å². The summed E-state index contributed by atoms with van der Waals surface area (Å²) >= 11 is 5.92. The summed E-state index contributed by atoms with van der Waals surface area (Å²) in [6.45, 7) is 2.97. The summed E-state index contributed by atoms with van der Waals surface area (Å²) in [5, 5.41) is 24.2. The van der Waals surface area contributed by atoms with E-state index in [0.717, 1.165) is 0 Å². The van der Waals surface area contributed by atoms with E-state index in [1.54, 1.807) is 36.1 Å². The molecular weight excluding hydrogens is 332 g/mol. The SMILES string of the molecule is C[C@@]1(O)CCOC2(CCN(C(=O)Nc3cccc(Cl)c3)CC2)[C@H]1O. The Morgan fingerprint density at radius 2 is 2.08 bits per heavy atom. The van der Waals surface area contributed by atoms with Gasteiger partial charge in [-0.15, -0.1) is 0 Å². The van der Waals surface area contributed by atoms with E-state index in [1.165, 1.54) is 0 Å². The maximum atomic E-state index is 12.4. The van der Waals surface area contributed by atoms with Crippen LogP contribution in [0.3, 0.4) is 0 Å². The van der Waals surface area contributed by atoms with Crippen LogP contribution in [-0.4, -0.2) is 58.1 Å². The van der Waals surface area contributed by atoms with Crippen LogP contribution in [-0.2, 0) is 4.74 Å². The molecule has 1 aromatic carbocycles. The average Bonchev–Trinajstić information content (AvgIpc) is 2.53. The topological polar surface area (TPSA) is 82.0 Å². The number of urea groups is 1. The van der Waals surface area contributed by atoms with E-state index in [9.17, 15) is 15.0 Å². The van der Waals surface area contributed by atoms with Crippen molar-refractivity contribution in [2.75, 3.05) is 25.0 Å². The van der Waals surface area contributed by atoms with Gasteiger partial charge in [0.25, 0.3) is 0 Å². The standard InChI is InChI=1S/C17H23ClN2O4/c1-16(23)7-10-24-17(14(16)21)5-8-20(9-6-17)15(22)19-13-4-2-3-12(18)11-13/h2-4,11,14,21,23H,5-10H2,1H3,(H,19,22)/t14-,16+/m0/s1. The van der Waals surface area contributed by atoms with E-state index in [-0.39, 0.29) is 6.03 Å². The lowest BCUT2D eigenvalue weighted by molar-refractivity contribution is -0.244. The van der Waals surface area contributed by atoms with Crippen molar-refractivity contribution in [3.8, 4) is 0 Å². The molecule has 0 aliphatic carbocycles. The zero-order valence-electron chi connectivity index (χ0n) is 13.7. The number of likely N-dealkylation sites (tertiary alicyclic amines) is 1. The first-order valence-corrected chi connectivity index (χ1v) is 8.56. The van der Waals surface area contributed by atoms with Crippen molar-refractivity contribution in [3.63, 3.8) is 0 Å². The molecule has 2 fully saturated rings. The monoisotopic (exact) mass is 354 g/mol. The second-order valence-corrected chi connectivity index (χ2v) is 7.29. The van der Waals surface area contributed by atoms with Crippen molar-refractivity contribution in [3.05, 3.63) is 29.3 Å². The molecule has 6 nitrogen and oxygen atoms in total. The number of halogens is 1. The van der Waals surface area contributed by atoms with Crippen LogP contribution in [0.4, 0.5) is 10.5 Å². The first-order valence-electron chi connectivity index (χ1n) is 8.18. The van der Waals surface area contributed by atoms with Gasteiger partial charge in [0.2, 0.25) is 0 Å². The van der Waals surface area contributed by atoms with Crippen LogP contribution in [0.5, 0.6) is 0 Å². The Kier molecular flexibility index (Phi) is 4.75. The second kappa shape index (κ2) is 6.52. The zero-order valence-corrected chi connectivity index (χ0v) is 14.4. The molecule has 0 bridgehead atoms. The number of amides is 2. The number of carbonyl (C=O) groups excluding carboxylic acids is 1. The molecule has 2 amide bonds. The summed E-state index contributed by atoms with van der Waals surface area (Å²) in [4.78, 5) is 14.1. The molecule has 0 radical (unpaired) electrons. The zero-order chi connectivity index (χ0) is 17.4. The van der Waals surface area contributed by atoms with Crippen molar-refractivity contribution in [2.24, 2.45) is 0 Å². The molecule has 3 rings (SSSR count). The molecule has 2 heterocycles. The number of nitrogens with zero attached hydrogens (tertiary/aromatic N) is 1. The second-order valence-electron chi connectivity index (χ2n) is 6.85. The molecule has 3 N–H and O–H groups in total. The number of benzene rings is 1. The third kappa shape index (κ3) is 3.37. The number of rotatable bonds is 1. The predicted octanol–water partition coefficient (Wildman–Crippen LogP) is 2.24. The Morgan fingerprint density at radius 3 is 2.75 bits per heavy atom. The largest absolute Gasteiger partial charge is 0.387 e. The van der Waals surface area contributed by atoms with Crippen LogP contribution < -0.4 is 5.32 Å². The molecular formula is C17H23ClN2O4. The maximum absolute atomic E-state index is 12.4. The van der Waals surface area contributed by atoms with E-state index < -0.39 is 17.3 Å². The summed E-state index contributed by atoms with van der Waals surface area (Å²) in [6, 6.07) is 6.79. The Labute approximate surface area is 146 Å². The van der Waals surface area contributed by atoms with Crippen molar-refractivity contribution >= 4 is 23.3 Å². The number of ether oxygens (including phenoxy) is 1. The first kappa shape index (κ1) is 17.5. The van der Waals surface area contributed by atoms with E-state index in [4.69, 9.17) is 16.3 Å². The number of hydrogen-bond acceptors (Lipinski definition) is 4. The van der Waals surface area contributed by atoms with Gasteiger partial charge in [-0.3, -0.25) is 0 Å². The lowest BCUT2D eigenvalue weighted by Crippen LogP contribution is -2.64. The van der Waals surface area contributed by atoms with E-state index in [2.05, 4.69) is 5.32 Å². The molecule has 2 atom stereocenters. The Hall–Kier alpha value is -1.34. The van der Waals surface area contributed by atoms with Gasteiger partial charge >= 0.3 is 6.03 Å². The smallest absolute Gasteiger partial charge is 0.321 e. The number of nitrogens with one attached hydrogen (secondary N) is 1. The fraction of sp³-hybridized carbons (Fsp3) is 0.588. The van der Waals surface area contributed by atoms with Crippen LogP contribution >= 0.6 is 11.6 Å². The molecule has 132 valence electrons. The van der Waals surface area contributed by atoms with Crippen LogP contribution in [0.1, 0.15) is 26.2 Å². The summed E-state index contributed by atoms with van der Waals surface area (Å²) in [7, 11) is 0. The summed E-state index contributed by atoms with van der Waals surface area (Å²) in [6.07, 6.45) is 0.451. The van der Waals surface area contributed by atoms with E-state index >= 15 is 0 Å². The molecule has 1 spiro atoms. The highest BCUT2D eigenvalue weighted by Crippen LogP contribution is 2.39. The minimum absolute atomic E-state index is 0.204. The van der Waals surface area contributed by atoms with Gasteiger partial charge in [0, 0.05) is 30.2 Å². The van der Waals surface area contributed by atoms with Crippen LogP contribution in [0.25, 0.3) is 0 Å². The van der Waals surface area contributed by atoms with Gasteiger partial charge < -0.3 is 25.2 Å². The molecule has 24 heavy (non-hydrogen) atoms. The maximum Gasteiger partial charge on any atom is 0.321 e. The Balaban J connectivity index is 1.61. The molecule has 2 aliphatic rings. The lowest BCUT2D eigenvalue weighted by atomic mass is 9.75. The quantitative estimate of drug-likeness (QED) is 0.722. The fourth-order valence-corrected chi connectivity index (χ4v) is 3.71. The van der Waals surface area contributed by atoms with Crippen molar-refractivity contribution in [1.29, 1.82) is 0 Å². The molecule has 2 saturated heterocycles. The lowest BCUT2D eigenvalue weighted by Gasteiger charge is -2.51. The third-order valence-corrected chi connectivity index (χ3v) is 5.29. The van der Waals surface area contributed by atoms with Gasteiger partial charge in [-0.2, -0.15) is 0 Å². The molecule has 0 saturated carbocycles. The highest BCUT2D eigenvalue weighted by atomic mass is 35.5. The van der Waals surface area contributed by atoms with E-state index in [0.29, 0.717) is 49.7 Å². The number of aliphatic hydroxyl groups excluding tert-OH is 1. The van der Waals surface area contributed by atoms with Crippen LogP contribution in [0.2, 0.25) is 5.02 Å². The third-order valence-electron chi connectivity index (χ3n) is 5.06. The average molecular weight is 355 g/mol. The number of anilines is 1. The van der Waals surface area contributed by atoms with E-state index in [1.807, 2.05) is 0 Å². The molecule has 7 heteroatoms. The van der Waals surface area contributed by atoms with Gasteiger partial charge in [-0.25, -0.2) is 4.79 Å². The summed E-state index contributed by atoms with van der Waals surface area (Å²) in [5.74, 6) is 0. The number of carbonyl (C=O) groups is 1. The van der Waals surface area contributed by atoms with Gasteiger partial charge in [-0.1, -0.05) is 17.7 Å². The summed E-state index contributed by atoms with van der Waals surface area (Å²) < 4.78 is 5.83. The highest BCUT2D eigenvalue weighted by molar-refractivity contribution is 6.30. The van der Waals surface area contributed by atoms with Gasteiger partial charge in [0.15, 0.2) is 0 Å². The molecule has 0 unspecified atom stereocenters. The minimum Gasteiger partial charge on any atom is -0.387 e. The predicted molar refractivity (Wildman–Crippen MR) is 91.2 cm³/mol. The number of piperidine rings is 1. The number of hydrogen-bond donors (Lipinski definition) is 3.